The number of hydrogen-bond acceptors (Lipinski definition) is 6. The number of benzene rings is 2. The Labute approximate surface area is 196 Å². The van der Waals surface area contributed by atoms with Crippen LogP contribution >= 0.6 is 11.3 Å². The van der Waals surface area contributed by atoms with Crippen LogP contribution in [0.1, 0.15) is 12.0 Å². The van der Waals surface area contributed by atoms with E-state index in [2.05, 4.69) is 16.3 Å². The van der Waals surface area contributed by atoms with Gasteiger partial charge in [-0.2, -0.15) is 0 Å². The number of ether oxygens (including phenoxy) is 2. The van der Waals surface area contributed by atoms with Crippen molar-refractivity contribution in [3.63, 3.8) is 0 Å². The Bertz CT molecular complexity index is 1220. The molecule has 2 aromatic carbocycles. The minimum atomic E-state index is -0.197. The highest BCUT2D eigenvalue weighted by molar-refractivity contribution is 7.13. The van der Waals surface area contributed by atoms with Crippen molar-refractivity contribution in [2.75, 3.05) is 30.9 Å². The lowest BCUT2D eigenvalue weighted by molar-refractivity contribution is -0.111. The number of thiophene rings is 1. The van der Waals surface area contributed by atoms with Crippen molar-refractivity contribution in [1.82, 2.24) is 4.90 Å². The Hall–Kier alpha value is -3.55. The van der Waals surface area contributed by atoms with Crippen LogP contribution in [0.25, 0.3) is 10.4 Å². The van der Waals surface area contributed by atoms with Crippen LogP contribution in [0.5, 0.6) is 11.5 Å². The van der Waals surface area contributed by atoms with Crippen molar-refractivity contribution in [1.29, 1.82) is 0 Å². The zero-order valence-electron chi connectivity index (χ0n) is 18.1. The molecule has 2 aliphatic heterocycles. The number of likely N-dealkylation sites (tertiary alicyclic amines) is 1. The maximum Gasteiger partial charge on any atom is 0.248 e. The molecule has 1 aromatic heterocycles. The molecule has 1 saturated heterocycles. The fraction of sp³-hybridized carbons (Fsp3) is 0.192. The Morgan fingerprint density at radius 3 is 2.94 bits per heavy atom. The molecule has 1 fully saturated rings. The van der Waals surface area contributed by atoms with E-state index >= 15 is 0 Å². The second-order valence-electron chi connectivity index (χ2n) is 8.10. The van der Waals surface area contributed by atoms with Gasteiger partial charge in [-0.15, -0.1) is 11.3 Å². The van der Waals surface area contributed by atoms with Crippen molar-refractivity contribution < 1.29 is 14.3 Å². The highest BCUT2D eigenvalue weighted by atomic mass is 32.1. The summed E-state index contributed by atoms with van der Waals surface area (Å²) in [7, 11) is 0. The highest BCUT2D eigenvalue weighted by Gasteiger charge is 2.18. The van der Waals surface area contributed by atoms with Gasteiger partial charge in [0.15, 0.2) is 11.5 Å². The number of nitrogens with one attached hydrogen (secondary N) is 1. The Balaban J connectivity index is 1.15. The number of carbonyl (C=O) groups excluding carboxylic acids is 1. The maximum atomic E-state index is 12.4. The van der Waals surface area contributed by atoms with E-state index in [4.69, 9.17) is 15.2 Å². The summed E-state index contributed by atoms with van der Waals surface area (Å²) in [4.78, 5) is 15.9. The molecule has 33 heavy (non-hydrogen) atoms. The van der Waals surface area contributed by atoms with Crippen molar-refractivity contribution >= 4 is 28.6 Å². The zero-order valence-corrected chi connectivity index (χ0v) is 18.9. The van der Waals surface area contributed by atoms with Crippen LogP contribution < -0.4 is 20.5 Å². The summed E-state index contributed by atoms with van der Waals surface area (Å²) in [6, 6.07) is 15.8. The predicted molar refractivity (Wildman–Crippen MR) is 132 cm³/mol. The minimum Gasteiger partial charge on any atom is -0.454 e. The molecule has 0 atom stereocenters. The van der Waals surface area contributed by atoms with Gasteiger partial charge in [0.2, 0.25) is 12.7 Å². The molecule has 0 bridgehead atoms. The first-order valence-electron chi connectivity index (χ1n) is 10.9. The van der Waals surface area contributed by atoms with Crippen LogP contribution in [-0.4, -0.2) is 30.7 Å². The third kappa shape index (κ3) is 5.10. The quantitative estimate of drug-likeness (QED) is 0.398. The molecule has 3 heterocycles. The number of nitrogens with zero attached hydrogens (tertiary/aromatic N) is 1. The number of amides is 1. The van der Waals surface area contributed by atoms with Crippen molar-refractivity contribution in [3.8, 4) is 21.9 Å². The normalized spacial score (nSPS) is 16.7. The second-order valence-corrected chi connectivity index (χ2v) is 9.05. The van der Waals surface area contributed by atoms with Gasteiger partial charge in [0.05, 0.1) is 11.4 Å². The predicted octanol–water partition coefficient (Wildman–Crippen LogP) is 5.05. The van der Waals surface area contributed by atoms with Gasteiger partial charge >= 0.3 is 0 Å². The fourth-order valence-corrected chi connectivity index (χ4v) is 4.75. The van der Waals surface area contributed by atoms with Crippen molar-refractivity contribution in [2.45, 2.75) is 13.0 Å². The molecule has 3 N–H and O–H groups in total. The summed E-state index contributed by atoms with van der Waals surface area (Å²) < 4.78 is 10.8. The summed E-state index contributed by atoms with van der Waals surface area (Å²) >= 11 is 1.65. The maximum absolute atomic E-state index is 12.4. The van der Waals surface area contributed by atoms with Gasteiger partial charge in [-0.1, -0.05) is 35.9 Å². The number of rotatable bonds is 6. The van der Waals surface area contributed by atoms with E-state index in [9.17, 15) is 4.79 Å². The number of allylic oxidation sites excluding steroid dienone is 2. The van der Waals surface area contributed by atoms with Crippen molar-refractivity contribution in [2.24, 2.45) is 0 Å². The SMILES string of the molecule is Nc1ccc(-c2cccs2)cc1NC(=O)C=CC=C1CCN(Cc2ccc3c(c2)OCO3)C1. The number of anilines is 2. The monoisotopic (exact) mass is 459 g/mol. The summed E-state index contributed by atoms with van der Waals surface area (Å²) in [5.74, 6) is 1.43. The van der Waals surface area contributed by atoms with Gasteiger partial charge in [-0.3, -0.25) is 9.69 Å². The molecule has 3 aromatic rings. The molecule has 7 heteroatoms. The van der Waals surface area contributed by atoms with E-state index in [-0.39, 0.29) is 5.91 Å². The van der Waals surface area contributed by atoms with Crippen LogP contribution in [0, 0.1) is 0 Å². The molecule has 5 rings (SSSR count). The van der Waals surface area contributed by atoms with Crippen LogP contribution in [0.15, 0.2) is 77.7 Å². The molecular formula is C26H25N3O3S. The molecule has 1 amide bonds. The Morgan fingerprint density at radius 1 is 1.15 bits per heavy atom. The molecular weight excluding hydrogens is 434 g/mol. The van der Waals surface area contributed by atoms with Crippen LogP contribution in [0.3, 0.4) is 0 Å². The van der Waals surface area contributed by atoms with Gasteiger partial charge in [-0.25, -0.2) is 0 Å². The standard InChI is InChI=1S/C26H25N3O3S/c27-21-8-7-20(25-4-2-12-33-25)14-22(21)28-26(30)5-1-3-18-10-11-29(15-18)16-19-6-9-23-24(13-19)32-17-31-23/h1-9,12-14H,10-11,15-17,27H2,(H,28,30). The van der Waals surface area contributed by atoms with Crippen LogP contribution in [0.2, 0.25) is 0 Å². The molecule has 0 aliphatic carbocycles. The molecule has 2 aliphatic rings. The topological polar surface area (TPSA) is 76.8 Å². The van der Waals surface area contributed by atoms with E-state index < -0.39 is 0 Å². The van der Waals surface area contributed by atoms with Gasteiger partial charge in [-0.05, 0) is 53.3 Å². The number of nitrogen functional groups attached to an aromatic ring is 1. The molecule has 0 spiro atoms. The van der Waals surface area contributed by atoms with E-state index in [0.717, 1.165) is 48.0 Å². The highest BCUT2D eigenvalue weighted by Crippen LogP contribution is 2.33. The number of hydrogen-bond donors (Lipinski definition) is 2. The first kappa shape index (κ1) is 21.3. The largest absolute Gasteiger partial charge is 0.454 e. The van der Waals surface area contributed by atoms with Gasteiger partial charge in [0.1, 0.15) is 0 Å². The molecule has 0 saturated carbocycles. The lowest BCUT2D eigenvalue weighted by Gasteiger charge is -2.14. The average molecular weight is 460 g/mol. The number of fused-ring (bicyclic) bond motifs is 1. The molecule has 168 valence electrons. The third-order valence-electron chi connectivity index (χ3n) is 5.72. The van der Waals surface area contributed by atoms with Crippen LogP contribution in [-0.2, 0) is 11.3 Å². The summed E-state index contributed by atoms with van der Waals surface area (Å²) in [6.45, 7) is 3.03. The summed E-state index contributed by atoms with van der Waals surface area (Å²) in [5.41, 5.74) is 10.8. The zero-order chi connectivity index (χ0) is 22.6. The third-order valence-corrected chi connectivity index (χ3v) is 6.63. The first-order chi connectivity index (χ1) is 16.1. The lowest BCUT2D eigenvalue weighted by atomic mass is 10.1. The van der Waals surface area contributed by atoms with E-state index in [1.54, 1.807) is 17.4 Å². The molecule has 6 nitrogen and oxygen atoms in total. The van der Waals surface area contributed by atoms with Crippen molar-refractivity contribution in [3.05, 3.63) is 83.3 Å². The van der Waals surface area contributed by atoms with Gasteiger partial charge in [0, 0.05) is 30.6 Å². The number of carbonyl (C=O) groups is 1. The van der Waals surface area contributed by atoms with Gasteiger partial charge < -0.3 is 20.5 Å². The van der Waals surface area contributed by atoms with E-state index in [1.807, 2.05) is 60.0 Å². The fourth-order valence-electron chi connectivity index (χ4n) is 4.02. The van der Waals surface area contributed by atoms with Gasteiger partial charge in [0.25, 0.3) is 0 Å². The minimum absolute atomic E-state index is 0.197. The number of nitrogens with two attached hydrogens (primary N) is 1. The Kier molecular flexibility index (Phi) is 6.15. The second kappa shape index (κ2) is 9.52. The van der Waals surface area contributed by atoms with E-state index in [1.165, 1.54) is 11.1 Å². The summed E-state index contributed by atoms with van der Waals surface area (Å²) in [5, 5.41) is 4.92. The smallest absolute Gasteiger partial charge is 0.248 e. The lowest BCUT2D eigenvalue weighted by Crippen LogP contribution is -2.18. The van der Waals surface area contributed by atoms with Crippen LogP contribution in [0.4, 0.5) is 11.4 Å². The Morgan fingerprint density at radius 2 is 2.06 bits per heavy atom. The van der Waals surface area contributed by atoms with E-state index in [0.29, 0.717) is 18.2 Å². The summed E-state index contributed by atoms with van der Waals surface area (Å²) in [6.07, 6.45) is 6.38. The first-order valence-corrected chi connectivity index (χ1v) is 11.7. The molecule has 0 radical (unpaired) electrons. The average Bonchev–Trinajstić information content (AvgIpc) is 3.57. The molecule has 0 unspecified atom stereocenters.